The van der Waals surface area contributed by atoms with Crippen LogP contribution in [0.1, 0.15) is 18.1 Å². The van der Waals surface area contributed by atoms with Crippen molar-refractivity contribution in [1.29, 1.82) is 5.26 Å². The van der Waals surface area contributed by atoms with Crippen LogP contribution in [0.2, 0.25) is 0 Å². The standard InChI is InChI=1S/C22H20N4O/c1-16-13-26(20-7-4-17(12-23)5-8-20)22(27)15-25(16)14-18-6-9-21-19(11-18)3-2-10-24-21/h2-11,16H,13-15H2,1H3/t16-/m1/s1. The summed E-state index contributed by atoms with van der Waals surface area (Å²) >= 11 is 0. The molecule has 1 saturated heterocycles. The fraction of sp³-hybridized carbons (Fsp3) is 0.227. The first-order chi connectivity index (χ1) is 13.1. The van der Waals surface area contributed by atoms with E-state index in [1.165, 1.54) is 5.56 Å². The number of hydrogen-bond donors (Lipinski definition) is 0. The molecule has 134 valence electrons. The molecule has 2 heterocycles. The fourth-order valence-electron chi connectivity index (χ4n) is 3.53. The van der Waals surface area contributed by atoms with Crippen LogP contribution >= 0.6 is 0 Å². The summed E-state index contributed by atoms with van der Waals surface area (Å²) in [6, 6.07) is 19.8. The number of amides is 1. The number of fused-ring (bicyclic) bond motifs is 1. The number of piperazine rings is 1. The SMILES string of the molecule is C[C@@H]1CN(c2ccc(C#N)cc2)C(=O)CN1Cc1ccc2ncccc2c1. The lowest BCUT2D eigenvalue weighted by molar-refractivity contribution is -0.122. The Kier molecular flexibility index (Phi) is 4.57. The number of pyridine rings is 1. The second-order valence-corrected chi connectivity index (χ2v) is 6.95. The summed E-state index contributed by atoms with van der Waals surface area (Å²) in [7, 11) is 0. The Labute approximate surface area is 158 Å². The molecule has 3 aromatic rings. The minimum Gasteiger partial charge on any atom is -0.310 e. The first-order valence-corrected chi connectivity index (χ1v) is 9.02. The smallest absolute Gasteiger partial charge is 0.241 e. The zero-order chi connectivity index (χ0) is 18.8. The molecule has 0 bridgehead atoms. The maximum absolute atomic E-state index is 12.7. The van der Waals surface area contributed by atoms with Gasteiger partial charge in [0.2, 0.25) is 5.91 Å². The van der Waals surface area contributed by atoms with E-state index in [1.54, 1.807) is 18.3 Å². The highest BCUT2D eigenvalue weighted by Gasteiger charge is 2.30. The average Bonchev–Trinajstić information content (AvgIpc) is 2.70. The van der Waals surface area contributed by atoms with E-state index in [2.05, 4.69) is 41.1 Å². The molecule has 5 heteroatoms. The molecule has 0 unspecified atom stereocenters. The Morgan fingerprint density at radius 2 is 2.00 bits per heavy atom. The van der Waals surface area contributed by atoms with E-state index in [0.29, 0.717) is 18.7 Å². The van der Waals surface area contributed by atoms with Crippen LogP contribution in [0.4, 0.5) is 5.69 Å². The molecule has 5 nitrogen and oxygen atoms in total. The summed E-state index contributed by atoms with van der Waals surface area (Å²) < 4.78 is 0. The van der Waals surface area contributed by atoms with Crippen LogP contribution in [0.15, 0.2) is 60.8 Å². The van der Waals surface area contributed by atoms with E-state index in [9.17, 15) is 4.79 Å². The van der Waals surface area contributed by atoms with Crippen molar-refractivity contribution in [2.45, 2.75) is 19.5 Å². The van der Waals surface area contributed by atoms with Gasteiger partial charge in [-0.1, -0.05) is 12.1 Å². The van der Waals surface area contributed by atoms with Gasteiger partial charge in [-0.3, -0.25) is 14.7 Å². The third-order valence-electron chi connectivity index (χ3n) is 5.07. The first-order valence-electron chi connectivity index (χ1n) is 9.02. The molecule has 1 aromatic heterocycles. The number of aromatic nitrogens is 1. The van der Waals surface area contributed by atoms with Gasteiger partial charge in [0.25, 0.3) is 0 Å². The quantitative estimate of drug-likeness (QED) is 0.722. The number of carbonyl (C=O) groups excluding carboxylic acids is 1. The van der Waals surface area contributed by atoms with Crippen LogP contribution < -0.4 is 4.90 Å². The van der Waals surface area contributed by atoms with Gasteiger partial charge in [-0.25, -0.2) is 0 Å². The second-order valence-electron chi connectivity index (χ2n) is 6.95. The van der Waals surface area contributed by atoms with Gasteiger partial charge in [-0.15, -0.1) is 0 Å². The Bertz CT molecular complexity index is 1020. The predicted octanol–water partition coefficient (Wildman–Crippen LogP) is 3.34. The molecule has 0 radical (unpaired) electrons. The number of nitriles is 1. The van der Waals surface area contributed by atoms with Crippen LogP contribution in [-0.2, 0) is 11.3 Å². The van der Waals surface area contributed by atoms with E-state index in [1.807, 2.05) is 29.2 Å². The molecule has 1 fully saturated rings. The monoisotopic (exact) mass is 356 g/mol. The van der Waals surface area contributed by atoms with E-state index in [4.69, 9.17) is 5.26 Å². The van der Waals surface area contributed by atoms with Crippen molar-refractivity contribution < 1.29 is 4.79 Å². The molecular formula is C22H20N4O. The van der Waals surface area contributed by atoms with Crippen molar-refractivity contribution in [3.05, 3.63) is 71.9 Å². The van der Waals surface area contributed by atoms with Crippen LogP contribution in [0, 0.1) is 11.3 Å². The van der Waals surface area contributed by atoms with Crippen LogP contribution in [-0.4, -0.2) is 34.9 Å². The highest BCUT2D eigenvalue weighted by molar-refractivity contribution is 5.95. The van der Waals surface area contributed by atoms with Crippen molar-refractivity contribution in [1.82, 2.24) is 9.88 Å². The molecule has 4 rings (SSSR count). The Morgan fingerprint density at radius 3 is 2.78 bits per heavy atom. The summed E-state index contributed by atoms with van der Waals surface area (Å²) in [6.45, 7) is 3.90. The van der Waals surface area contributed by atoms with Gasteiger partial charge in [0.05, 0.1) is 23.7 Å². The number of anilines is 1. The molecule has 1 amide bonds. The molecule has 1 aliphatic heterocycles. The minimum atomic E-state index is 0.0836. The highest BCUT2D eigenvalue weighted by atomic mass is 16.2. The van der Waals surface area contributed by atoms with Gasteiger partial charge in [0.1, 0.15) is 0 Å². The normalized spacial score (nSPS) is 17.9. The predicted molar refractivity (Wildman–Crippen MR) is 105 cm³/mol. The molecule has 1 aliphatic rings. The zero-order valence-electron chi connectivity index (χ0n) is 15.2. The lowest BCUT2D eigenvalue weighted by atomic mass is 10.1. The number of hydrogen-bond acceptors (Lipinski definition) is 4. The van der Waals surface area contributed by atoms with Crippen molar-refractivity contribution in [2.75, 3.05) is 18.0 Å². The van der Waals surface area contributed by atoms with Gasteiger partial charge in [-0.2, -0.15) is 5.26 Å². The van der Waals surface area contributed by atoms with Crippen molar-refractivity contribution in [3.8, 4) is 6.07 Å². The molecule has 1 atom stereocenters. The van der Waals surface area contributed by atoms with Crippen molar-refractivity contribution in [3.63, 3.8) is 0 Å². The maximum Gasteiger partial charge on any atom is 0.241 e. The average molecular weight is 356 g/mol. The van der Waals surface area contributed by atoms with E-state index < -0.39 is 0 Å². The van der Waals surface area contributed by atoms with Crippen LogP contribution in [0.25, 0.3) is 10.9 Å². The second kappa shape index (κ2) is 7.18. The Balaban J connectivity index is 1.49. The van der Waals surface area contributed by atoms with Gasteiger partial charge in [-0.05, 0) is 55.0 Å². The Morgan fingerprint density at radius 1 is 1.19 bits per heavy atom. The molecule has 0 saturated carbocycles. The third kappa shape index (κ3) is 3.53. The molecule has 0 aliphatic carbocycles. The summed E-state index contributed by atoms with van der Waals surface area (Å²) in [5.74, 6) is 0.0836. The number of benzene rings is 2. The number of carbonyl (C=O) groups is 1. The lowest BCUT2D eigenvalue weighted by Crippen LogP contribution is -2.54. The third-order valence-corrected chi connectivity index (χ3v) is 5.07. The molecule has 0 spiro atoms. The lowest BCUT2D eigenvalue weighted by Gasteiger charge is -2.39. The van der Waals surface area contributed by atoms with Crippen LogP contribution in [0.3, 0.4) is 0 Å². The van der Waals surface area contributed by atoms with Crippen LogP contribution in [0.5, 0.6) is 0 Å². The number of rotatable bonds is 3. The van der Waals surface area contributed by atoms with Gasteiger partial charge < -0.3 is 4.90 Å². The van der Waals surface area contributed by atoms with E-state index in [-0.39, 0.29) is 11.9 Å². The molecule has 0 N–H and O–H groups in total. The molecule has 27 heavy (non-hydrogen) atoms. The summed E-state index contributed by atoms with van der Waals surface area (Å²) in [6.07, 6.45) is 1.80. The minimum absolute atomic E-state index is 0.0836. The van der Waals surface area contributed by atoms with E-state index >= 15 is 0 Å². The zero-order valence-corrected chi connectivity index (χ0v) is 15.2. The fourth-order valence-corrected chi connectivity index (χ4v) is 3.53. The van der Waals surface area contributed by atoms with Gasteiger partial charge in [0, 0.05) is 36.4 Å². The summed E-state index contributed by atoms with van der Waals surface area (Å²) in [5.41, 5.74) is 3.61. The summed E-state index contributed by atoms with van der Waals surface area (Å²) in [4.78, 5) is 21.1. The molecular weight excluding hydrogens is 336 g/mol. The van der Waals surface area contributed by atoms with E-state index in [0.717, 1.165) is 23.1 Å². The van der Waals surface area contributed by atoms with Crippen molar-refractivity contribution >= 4 is 22.5 Å². The van der Waals surface area contributed by atoms with Crippen molar-refractivity contribution in [2.24, 2.45) is 0 Å². The Hall–Kier alpha value is -3.23. The van der Waals surface area contributed by atoms with Gasteiger partial charge in [0.15, 0.2) is 0 Å². The highest BCUT2D eigenvalue weighted by Crippen LogP contribution is 2.23. The topological polar surface area (TPSA) is 60.2 Å². The maximum atomic E-state index is 12.7. The number of nitrogens with zero attached hydrogens (tertiary/aromatic N) is 4. The summed E-state index contributed by atoms with van der Waals surface area (Å²) in [5, 5.41) is 10.0. The van der Waals surface area contributed by atoms with Gasteiger partial charge >= 0.3 is 0 Å². The first kappa shape index (κ1) is 17.2. The molecule has 2 aromatic carbocycles. The largest absolute Gasteiger partial charge is 0.310 e.